The zero-order chi connectivity index (χ0) is 25.6. The van der Waals surface area contributed by atoms with Crippen molar-refractivity contribution in [3.63, 3.8) is 0 Å². The van der Waals surface area contributed by atoms with Crippen LogP contribution in [0.2, 0.25) is 5.02 Å². The summed E-state index contributed by atoms with van der Waals surface area (Å²) in [5, 5.41) is 0.773. The van der Waals surface area contributed by atoms with Gasteiger partial charge in [0.1, 0.15) is 0 Å². The van der Waals surface area contributed by atoms with Gasteiger partial charge in [0.05, 0.1) is 16.4 Å². The number of aromatic amines is 1. The highest BCUT2D eigenvalue weighted by Crippen LogP contribution is 2.26. The summed E-state index contributed by atoms with van der Waals surface area (Å²) in [6.45, 7) is 6.69. The molecule has 3 aromatic rings. The molecule has 9 heteroatoms. The van der Waals surface area contributed by atoms with Gasteiger partial charge in [0.25, 0.3) is 5.56 Å². The van der Waals surface area contributed by atoms with Crippen LogP contribution in [-0.2, 0) is 17.8 Å². The van der Waals surface area contributed by atoms with Crippen LogP contribution in [0.4, 0.5) is 11.6 Å². The average Bonchev–Trinajstić information content (AvgIpc) is 2.93. The van der Waals surface area contributed by atoms with E-state index in [9.17, 15) is 9.59 Å². The summed E-state index contributed by atoms with van der Waals surface area (Å²) >= 11 is 6.37. The number of rotatable bonds is 7. The number of piperazine rings is 2. The zero-order valence-electron chi connectivity index (χ0n) is 21.0. The molecule has 1 amide bonds. The first-order chi connectivity index (χ1) is 18.0. The second-order valence-corrected chi connectivity index (χ2v) is 10.0. The SMILES string of the molecule is O=C(CCc1ccccc1)N1CCN(c2nc(CN3CCN(c4ccccc4Cl)CC3)cc(=O)[nH]2)CC1. The number of halogens is 1. The summed E-state index contributed by atoms with van der Waals surface area (Å²) in [7, 11) is 0. The lowest BCUT2D eigenvalue weighted by Gasteiger charge is -2.37. The third kappa shape index (κ3) is 6.50. The van der Waals surface area contributed by atoms with Crippen molar-refractivity contribution in [1.82, 2.24) is 19.8 Å². The molecule has 2 fully saturated rings. The van der Waals surface area contributed by atoms with Crippen molar-refractivity contribution in [1.29, 1.82) is 0 Å². The number of amides is 1. The molecule has 0 saturated carbocycles. The van der Waals surface area contributed by atoms with Crippen molar-refractivity contribution in [3.05, 3.63) is 87.3 Å². The lowest BCUT2D eigenvalue weighted by molar-refractivity contribution is -0.131. The number of nitrogens with zero attached hydrogens (tertiary/aromatic N) is 5. The van der Waals surface area contributed by atoms with Crippen LogP contribution >= 0.6 is 11.6 Å². The van der Waals surface area contributed by atoms with E-state index in [1.54, 1.807) is 6.07 Å². The third-order valence-electron chi connectivity index (χ3n) is 7.14. The molecular weight excluding hydrogens is 488 g/mol. The third-order valence-corrected chi connectivity index (χ3v) is 7.46. The Hall–Kier alpha value is -3.36. The molecule has 3 heterocycles. The summed E-state index contributed by atoms with van der Waals surface area (Å²) < 4.78 is 0. The lowest BCUT2D eigenvalue weighted by atomic mass is 10.1. The Morgan fingerprint density at radius 3 is 2.27 bits per heavy atom. The van der Waals surface area contributed by atoms with Gasteiger partial charge in [0.2, 0.25) is 11.9 Å². The van der Waals surface area contributed by atoms with Gasteiger partial charge >= 0.3 is 0 Å². The van der Waals surface area contributed by atoms with Gasteiger partial charge < -0.3 is 14.7 Å². The van der Waals surface area contributed by atoms with E-state index in [0.717, 1.165) is 49.0 Å². The Morgan fingerprint density at radius 1 is 0.865 bits per heavy atom. The first kappa shape index (κ1) is 25.3. The molecule has 194 valence electrons. The van der Waals surface area contributed by atoms with Crippen LogP contribution in [0.25, 0.3) is 0 Å². The minimum Gasteiger partial charge on any atom is -0.368 e. The number of anilines is 2. The summed E-state index contributed by atoms with van der Waals surface area (Å²) in [5.41, 5.74) is 2.87. The topological polar surface area (TPSA) is 75.8 Å². The predicted molar refractivity (Wildman–Crippen MR) is 147 cm³/mol. The second-order valence-electron chi connectivity index (χ2n) is 9.63. The van der Waals surface area contributed by atoms with E-state index in [1.807, 2.05) is 41.3 Å². The Bertz CT molecular complexity index is 1250. The number of hydrogen-bond acceptors (Lipinski definition) is 6. The Morgan fingerprint density at radius 2 is 1.54 bits per heavy atom. The van der Waals surface area contributed by atoms with Crippen LogP contribution in [0.3, 0.4) is 0 Å². The number of aryl methyl sites for hydroxylation is 1. The molecule has 2 aliphatic heterocycles. The van der Waals surface area contributed by atoms with E-state index in [0.29, 0.717) is 45.1 Å². The molecule has 8 nitrogen and oxygen atoms in total. The Balaban J connectivity index is 1.13. The van der Waals surface area contributed by atoms with Crippen molar-refractivity contribution in [2.45, 2.75) is 19.4 Å². The van der Waals surface area contributed by atoms with Crippen LogP contribution in [0.5, 0.6) is 0 Å². The average molecular weight is 521 g/mol. The fourth-order valence-electron chi connectivity index (χ4n) is 5.03. The molecular formula is C28H33ClN6O2. The van der Waals surface area contributed by atoms with Crippen LogP contribution in [0.15, 0.2) is 65.5 Å². The molecule has 2 aliphatic rings. The summed E-state index contributed by atoms with van der Waals surface area (Å²) in [4.78, 5) is 41.4. The summed E-state index contributed by atoms with van der Waals surface area (Å²) in [6, 6.07) is 19.6. The van der Waals surface area contributed by atoms with Crippen LogP contribution in [0, 0.1) is 0 Å². The predicted octanol–water partition coefficient (Wildman–Crippen LogP) is 3.03. The van der Waals surface area contributed by atoms with Crippen LogP contribution in [0.1, 0.15) is 17.7 Å². The number of carbonyl (C=O) groups excluding carboxylic acids is 1. The van der Waals surface area contributed by atoms with Crippen molar-refractivity contribution in [2.24, 2.45) is 0 Å². The number of nitrogens with one attached hydrogen (secondary N) is 1. The number of carbonyl (C=O) groups is 1. The molecule has 5 rings (SSSR count). The van der Waals surface area contributed by atoms with E-state index in [-0.39, 0.29) is 11.5 Å². The largest absolute Gasteiger partial charge is 0.368 e. The fourth-order valence-corrected chi connectivity index (χ4v) is 5.29. The van der Waals surface area contributed by atoms with Gasteiger partial charge in [-0.15, -0.1) is 0 Å². The molecule has 0 atom stereocenters. The first-order valence-corrected chi connectivity index (χ1v) is 13.3. The minimum atomic E-state index is -0.143. The van der Waals surface area contributed by atoms with Gasteiger partial charge in [-0.05, 0) is 24.1 Å². The number of para-hydroxylation sites is 1. The molecule has 1 N–H and O–H groups in total. The van der Waals surface area contributed by atoms with Crippen LogP contribution < -0.4 is 15.4 Å². The van der Waals surface area contributed by atoms with Gasteiger partial charge in [-0.2, -0.15) is 0 Å². The van der Waals surface area contributed by atoms with Crippen LogP contribution in [-0.4, -0.2) is 78.0 Å². The van der Waals surface area contributed by atoms with Crippen molar-refractivity contribution in [3.8, 4) is 0 Å². The van der Waals surface area contributed by atoms with Gasteiger partial charge in [-0.3, -0.25) is 19.5 Å². The molecule has 2 saturated heterocycles. The molecule has 0 bridgehead atoms. The number of H-pyrrole nitrogens is 1. The Kier molecular flexibility index (Phi) is 8.06. The highest BCUT2D eigenvalue weighted by molar-refractivity contribution is 6.33. The van der Waals surface area contributed by atoms with E-state index < -0.39 is 0 Å². The van der Waals surface area contributed by atoms with E-state index in [4.69, 9.17) is 16.6 Å². The van der Waals surface area contributed by atoms with Gasteiger partial charge in [0.15, 0.2) is 0 Å². The number of aromatic nitrogens is 2. The molecule has 0 unspecified atom stereocenters. The van der Waals surface area contributed by atoms with Gasteiger partial charge in [0, 0.05) is 71.4 Å². The zero-order valence-corrected chi connectivity index (χ0v) is 21.7. The lowest BCUT2D eigenvalue weighted by Crippen LogP contribution is -2.49. The minimum absolute atomic E-state index is 0.143. The van der Waals surface area contributed by atoms with Crippen molar-refractivity contribution >= 4 is 29.1 Å². The van der Waals surface area contributed by atoms with Crippen molar-refractivity contribution in [2.75, 3.05) is 62.2 Å². The van der Waals surface area contributed by atoms with Gasteiger partial charge in [-0.1, -0.05) is 54.1 Å². The number of hydrogen-bond donors (Lipinski definition) is 1. The fraction of sp³-hybridized carbons (Fsp3) is 0.393. The second kappa shape index (κ2) is 11.8. The highest BCUT2D eigenvalue weighted by Gasteiger charge is 2.24. The molecule has 37 heavy (non-hydrogen) atoms. The molecule has 1 aromatic heterocycles. The highest BCUT2D eigenvalue weighted by atomic mass is 35.5. The maximum Gasteiger partial charge on any atom is 0.252 e. The Labute approximate surface area is 222 Å². The maximum atomic E-state index is 12.7. The van der Waals surface area contributed by atoms with Crippen molar-refractivity contribution < 1.29 is 4.79 Å². The molecule has 0 radical (unpaired) electrons. The first-order valence-electron chi connectivity index (χ1n) is 12.9. The van der Waals surface area contributed by atoms with E-state index in [2.05, 4.69) is 37.9 Å². The standard InChI is InChI=1S/C28H33ClN6O2/c29-24-8-4-5-9-25(24)33-14-12-32(13-15-33)21-23-20-26(36)31-28(30-23)35-18-16-34(17-19-35)27(37)11-10-22-6-2-1-3-7-22/h1-9,20H,10-19,21H2,(H,30,31,36). The smallest absolute Gasteiger partial charge is 0.252 e. The summed E-state index contributed by atoms with van der Waals surface area (Å²) in [6.07, 6.45) is 1.27. The van der Waals surface area contributed by atoms with E-state index in [1.165, 1.54) is 5.56 Å². The molecule has 0 spiro atoms. The normalized spacial score (nSPS) is 16.7. The maximum absolute atomic E-state index is 12.7. The summed E-state index contributed by atoms with van der Waals surface area (Å²) in [5.74, 6) is 0.767. The molecule has 0 aliphatic carbocycles. The molecule has 2 aromatic carbocycles. The van der Waals surface area contributed by atoms with E-state index >= 15 is 0 Å². The monoisotopic (exact) mass is 520 g/mol. The quantitative estimate of drug-likeness (QED) is 0.516. The number of benzene rings is 2. The van der Waals surface area contributed by atoms with Gasteiger partial charge in [-0.25, -0.2) is 4.98 Å².